The van der Waals surface area contributed by atoms with Gasteiger partial charge in [-0.3, -0.25) is 4.79 Å². The second-order valence-corrected chi connectivity index (χ2v) is 6.74. The Morgan fingerprint density at radius 3 is 2.42 bits per heavy atom. The zero-order chi connectivity index (χ0) is 22.6. The summed E-state index contributed by atoms with van der Waals surface area (Å²) < 4.78 is 23.5. The molecule has 31 heavy (non-hydrogen) atoms. The van der Waals surface area contributed by atoms with Gasteiger partial charge in [-0.15, -0.1) is 0 Å². The van der Waals surface area contributed by atoms with Crippen molar-refractivity contribution in [1.29, 1.82) is 0 Å². The average molecular weight is 432 g/mol. The van der Waals surface area contributed by atoms with E-state index in [0.717, 1.165) is 12.7 Å². The van der Waals surface area contributed by atoms with Gasteiger partial charge in [-0.1, -0.05) is 48.5 Å². The summed E-state index contributed by atoms with van der Waals surface area (Å²) >= 11 is 0. The number of hydrogen-bond donors (Lipinski definition) is 3. The number of nitrogens with one attached hydrogen (secondary N) is 2. The van der Waals surface area contributed by atoms with Crippen LogP contribution in [-0.4, -0.2) is 48.9 Å². The maximum Gasteiger partial charge on any atom is 0.407 e. The highest BCUT2D eigenvalue weighted by molar-refractivity contribution is 5.85. The molecule has 0 saturated carbocycles. The molecule has 0 aromatic heterocycles. The van der Waals surface area contributed by atoms with Gasteiger partial charge in [0.15, 0.2) is 0 Å². The van der Waals surface area contributed by atoms with Gasteiger partial charge in [0.2, 0.25) is 5.91 Å². The van der Waals surface area contributed by atoms with Gasteiger partial charge in [0.1, 0.15) is 18.5 Å². The van der Waals surface area contributed by atoms with Crippen molar-refractivity contribution in [3.63, 3.8) is 0 Å². The van der Waals surface area contributed by atoms with E-state index >= 15 is 0 Å². The number of alkyl carbamates (subject to hydrolysis) is 1. The maximum atomic E-state index is 13.9. The van der Waals surface area contributed by atoms with Crippen LogP contribution in [0.2, 0.25) is 0 Å². The second-order valence-electron chi connectivity index (χ2n) is 6.74. The standard InChI is InChI=1S/C22H25FN2O6/c1-30-21(28)19(11-16-9-5-6-10-18(16)23)25-20(27)12-17(26)13-24-22(29)31-14-15-7-3-2-4-8-15/h2-10,17,19,26H,11-14H2,1H3,(H,24,29)(H,25,27)/t17-,19-/m0/s1. The smallest absolute Gasteiger partial charge is 0.407 e. The summed E-state index contributed by atoms with van der Waals surface area (Å²) in [6.07, 6.45) is -2.44. The van der Waals surface area contributed by atoms with Crippen LogP contribution in [0.15, 0.2) is 54.6 Å². The number of carbonyl (C=O) groups excluding carboxylic acids is 3. The minimum Gasteiger partial charge on any atom is -0.467 e. The molecule has 8 nitrogen and oxygen atoms in total. The van der Waals surface area contributed by atoms with Crippen LogP contribution in [0.3, 0.4) is 0 Å². The van der Waals surface area contributed by atoms with E-state index in [1.807, 2.05) is 18.2 Å². The Balaban J connectivity index is 1.78. The first kappa shape index (κ1) is 23.8. The Hall–Kier alpha value is -3.46. The zero-order valence-corrected chi connectivity index (χ0v) is 17.0. The van der Waals surface area contributed by atoms with Gasteiger partial charge in [-0.05, 0) is 17.2 Å². The Morgan fingerprint density at radius 2 is 1.74 bits per heavy atom. The van der Waals surface area contributed by atoms with E-state index in [4.69, 9.17) is 4.74 Å². The summed E-state index contributed by atoms with van der Waals surface area (Å²) in [5.41, 5.74) is 1.04. The molecule has 9 heteroatoms. The highest BCUT2D eigenvalue weighted by atomic mass is 19.1. The van der Waals surface area contributed by atoms with Crippen LogP contribution in [0.5, 0.6) is 0 Å². The van der Waals surface area contributed by atoms with Crippen molar-refractivity contribution in [2.45, 2.75) is 31.6 Å². The molecular formula is C22H25FN2O6. The highest BCUT2D eigenvalue weighted by Crippen LogP contribution is 2.10. The number of amides is 2. The summed E-state index contributed by atoms with van der Waals surface area (Å²) in [6.45, 7) is -0.155. The minimum absolute atomic E-state index is 0.0696. The lowest BCUT2D eigenvalue weighted by molar-refractivity contribution is -0.145. The topological polar surface area (TPSA) is 114 Å². The normalized spacial score (nSPS) is 12.4. The molecule has 166 valence electrons. The third kappa shape index (κ3) is 8.43. The first-order valence-corrected chi connectivity index (χ1v) is 9.62. The van der Waals surface area contributed by atoms with Crippen LogP contribution < -0.4 is 10.6 Å². The maximum absolute atomic E-state index is 13.9. The molecule has 0 heterocycles. The second kappa shape index (κ2) is 12.3. The molecule has 0 aliphatic carbocycles. The van der Waals surface area contributed by atoms with Crippen LogP contribution in [0, 0.1) is 5.82 Å². The Morgan fingerprint density at radius 1 is 1.06 bits per heavy atom. The fourth-order valence-electron chi connectivity index (χ4n) is 2.73. The molecule has 2 aromatic rings. The fourth-order valence-corrected chi connectivity index (χ4v) is 2.73. The number of methoxy groups -OCH3 is 1. The lowest BCUT2D eigenvalue weighted by atomic mass is 10.0. The molecule has 2 rings (SSSR count). The average Bonchev–Trinajstić information content (AvgIpc) is 2.77. The van der Waals surface area contributed by atoms with Gasteiger partial charge in [0, 0.05) is 13.0 Å². The molecule has 0 fully saturated rings. The number of esters is 1. The lowest BCUT2D eigenvalue weighted by Crippen LogP contribution is -2.45. The Bertz CT molecular complexity index is 877. The van der Waals surface area contributed by atoms with Crippen LogP contribution in [0.1, 0.15) is 17.5 Å². The Labute approximate surface area is 179 Å². The van der Waals surface area contributed by atoms with Crippen LogP contribution in [0.25, 0.3) is 0 Å². The monoisotopic (exact) mass is 432 g/mol. The summed E-state index contributed by atoms with van der Waals surface area (Å²) in [7, 11) is 1.16. The van der Waals surface area contributed by atoms with Gasteiger partial charge in [0.05, 0.1) is 19.6 Å². The van der Waals surface area contributed by atoms with E-state index in [2.05, 4.69) is 15.4 Å². The molecule has 0 unspecified atom stereocenters. The molecule has 0 radical (unpaired) electrons. The summed E-state index contributed by atoms with van der Waals surface area (Å²) in [4.78, 5) is 35.9. The third-order valence-corrected chi connectivity index (χ3v) is 4.32. The predicted octanol–water partition coefficient (Wildman–Crippen LogP) is 1.70. The fraction of sp³-hybridized carbons (Fsp3) is 0.318. The number of ether oxygens (including phenoxy) is 2. The molecule has 0 spiro atoms. The number of aliphatic hydroxyl groups is 1. The molecule has 2 atom stereocenters. The highest BCUT2D eigenvalue weighted by Gasteiger charge is 2.24. The molecular weight excluding hydrogens is 407 g/mol. The van der Waals surface area contributed by atoms with Crippen molar-refractivity contribution in [2.24, 2.45) is 0 Å². The molecule has 0 aliphatic rings. The van der Waals surface area contributed by atoms with Crippen molar-refractivity contribution >= 4 is 18.0 Å². The van der Waals surface area contributed by atoms with E-state index in [1.54, 1.807) is 18.2 Å². The van der Waals surface area contributed by atoms with Gasteiger partial charge in [-0.25, -0.2) is 14.0 Å². The van der Waals surface area contributed by atoms with E-state index < -0.39 is 35.9 Å². The van der Waals surface area contributed by atoms with E-state index in [0.29, 0.717) is 0 Å². The first-order chi connectivity index (χ1) is 14.9. The van der Waals surface area contributed by atoms with Crippen molar-refractivity contribution in [3.8, 4) is 0 Å². The number of aliphatic hydroxyl groups excluding tert-OH is 1. The van der Waals surface area contributed by atoms with E-state index in [1.165, 1.54) is 18.2 Å². The van der Waals surface area contributed by atoms with Gasteiger partial charge >= 0.3 is 12.1 Å². The van der Waals surface area contributed by atoms with Crippen molar-refractivity contribution in [2.75, 3.05) is 13.7 Å². The predicted molar refractivity (Wildman–Crippen MR) is 109 cm³/mol. The zero-order valence-electron chi connectivity index (χ0n) is 17.0. The summed E-state index contributed by atoms with van der Waals surface area (Å²) in [6, 6.07) is 13.8. The molecule has 0 saturated heterocycles. The van der Waals surface area contributed by atoms with Gasteiger partial charge in [-0.2, -0.15) is 0 Å². The number of hydrogen-bond acceptors (Lipinski definition) is 6. The molecule has 2 aromatic carbocycles. The third-order valence-electron chi connectivity index (χ3n) is 4.32. The molecule has 0 bridgehead atoms. The van der Waals surface area contributed by atoms with Gasteiger partial charge in [0.25, 0.3) is 0 Å². The number of carbonyl (C=O) groups is 3. The minimum atomic E-state index is -1.21. The van der Waals surface area contributed by atoms with Gasteiger partial charge < -0.3 is 25.2 Å². The van der Waals surface area contributed by atoms with E-state index in [-0.39, 0.29) is 31.6 Å². The number of halogens is 1. The van der Waals surface area contributed by atoms with Crippen molar-refractivity contribution in [1.82, 2.24) is 10.6 Å². The molecule has 2 amide bonds. The number of benzene rings is 2. The summed E-state index contributed by atoms with van der Waals surface area (Å²) in [5, 5.41) is 14.8. The number of rotatable bonds is 10. The Kier molecular flexibility index (Phi) is 9.44. The van der Waals surface area contributed by atoms with Crippen molar-refractivity contribution < 1.29 is 33.4 Å². The SMILES string of the molecule is COC(=O)[C@H](Cc1ccccc1F)NC(=O)C[C@H](O)CNC(=O)OCc1ccccc1. The molecule has 0 aliphatic heterocycles. The largest absolute Gasteiger partial charge is 0.467 e. The lowest BCUT2D eigenvalue weighted by Gasteiger charge is -2.18. The van der Waals surface area contributed by atoms with Crippen LogP contribution >= 0.6 is 0 Å². The van der Waals surface area contributed by atoms with Crippen LogP contribution in [0.4, 0.5) is 9.18 Å². The quantitative estimate of drug-likeness (QED) is 0.493. The van der Waals surface area contributed by atoms with Crippen molar-refractivity contribution in [3.05, 3.63) is 71.5 Å². The van der Waals surface area contributed by atoms with E-state index in [9.17, 15) is 23.9 Å². The summed E-state index contributed by atoms with van der Waals surface area (Å²) in [5.74, 6) is -1.91. The first-order valence-electron chi connectivity index (χ1n) is 9.62. The molecule has 3 N–H and O–H groups in total. The van der Waals surface area contributed by atoms with Crippen LogP contribution in [-0.2, 0) is 32.1 Å².